The minimum Gasteiger partial charge on any atom is -0.456 e. The summed E-state index contributed by atoms with van der Waals surface area (Å²) in [5.74, 6) is 0. The summed E-state index contributed by atoms with van der Waals surface area (Å²) in [6.07, 6.45) is 0. The van der Waals surface area contributed by atoms with Crippen molar-refractivity contribution in [3.05, 3.63) is 224 Å². The maximum Gasteiger partial charge on any atom is 0.143 e. The van der Waals surface area contributed by atoms with Gasteiger partial charge in [0.2, 0.25) is 0 Å². The fourth-order valence-electron chi connectivity index (χ4n) is 9.12. The third-order valence-electron chi connectivity index (χ3n) is 12.1. The van der Waals surface area contributed by atoms with Crippen molar-refractivity contribution < 1.29 is 8.83 Å². The van der Waals surface area contributed by atoms with Crippen LogP contribution in [-0.4, -0.2) is 0 Å². The number of furan rings is 2. The predicted molar refractivity (Wildman–Crippen MR) is 255 cm³/mol. The molecule has 12 rings (SSSR count). The van der Waals surface area contributed by atoms with Gasteiger partial charge in [-0.05, 0) is 111 Å². The van der Waals surface area contributed by atoms with Crippen LogP contribution in [0.5, 0.6) is 0 Å². The summed E-state index contributed by atoms with van der Waals surface area (Å²) < 4.78 is 12.9. The van der Waals surface area contributed by atoms with Crippen molar-refractivity contribution in [3.63, 3.8) is 0 Å². The van der Waals surface area contributed by atoms with Crippen LogP contribution in [0.2, 0.25) is 0 Å². The van der Waals surface area contributed by atoms with Gasteiger partial charge in [-0.1, -0.05) is 158 Å². The lowest BCUT2D eigenvalue weighted by molar-refractivity contribution is 0.669. The number of hydrogen-bond donors (Lipinski definition) is 0. The number of nitrogens with zero attached hydrogens (tertiary/aromatic N) is 1. The van der Waals surface area contributed by atoms with Gasteiger partial charge in [-0.15, -0.1) is 0 Å². The lowest BCUT2D eigenvalue weighted by Gasteiger charge is -2.28. The summed E-state index contributed by atoms with van der Waals surface area (Å²) in [7, 11) is 0. The Morgan fingerprint density at radius 2 is 0.836 bits per heavy atom. The highest BCUT2D eigenvalue weighted by Gasteiger charge is 2.21. The van der Waals surface area contributed by atoms with Crippen LogP contribution >= 0.6 is 0 Å². The monoisotopic (exact) mass is 779 g/mol. The summed E-state index contributed by atoms with van der Waals surface area (Å²) in [5.41, 5.74) is 16.0. The molecule has 0 N–H and O–H groups in total. The van der Waals surface area contributed by atoms with Crippen LogP contribution in [0.3, 0.4) is 0 Å². The van der Waals surface area contributed by atoms with E-state index in [2.05, 4.69) is 217 Å². The number of hydrogen-bond acceptors (Lipinski definition) is 3. The van der Waals surface area contributed by atoms with Crippen LogP contribution in [0.1, 0.15) is 0 Å². The second-order valence-electron chi connectivity index (χ2n) is 15.6. The summed E-state index contributed by atoms with van der Waals surface area (Å²) in [4.78, 5) is 2.38. The molecule has 0 aliphatic heterocycles. The van der Waals surface area contributed by atoms with Gasteiger partial charge in [-0.2, -0.15) is 0 Å². The van der Waals surface area contributed by atoms with Crippen LogP contribution in [0.4, 0.5) is 17.1 Å². The fraction of sp³-hybridized carbons (Fsp3) is 0. The standard InChI is InChI=1S/C58H37NO2/c1-2-12-38(13-3-1)42-15-10-16-43(36-42)39-24-30-45(31-25-39)59(46-32-26-40(27-33-46)44-29-34-50-49-19-7-9-22-54(49)60-56(50)37-44)53-21-8-6-18-48(53)51-20-11-23-55-57(51)52-35-28-41-14-4-5-17-47(41)58(52)61-55/h1-37H. The minimum atomic E-state index is 0.873. The zero-order valence-electron chi connectivity index (χ0n) is 33.1. The van der Waals surface area contributed by atoms with Crippen molar-refractivity contribution in [1.29, 1.82) is 0 Å². The highest BCUT2D eigenvalue weighted by molar-refractivity contribution is 6.19. The average molecular weight is 780 g/mol. The normalized spacial score (nSPS) is 11.6. The second kappa shape index (κ2) is 14.3. The summed E-state index contributed by atoms with van der Waals surface area (Å²) in [6.45, 7) is 0. The summed E-state index contributed by atoms with van der Waals surface area (Å²) in [6, 6.07) is 79.9. The van der Waals surface area contributed by atoms with E-state index in [-0.39, 0.29) is 0 Å². The van der Waals surface area contributed by atoms with E-state index in [0.717, 1.165) is 94.1 Å². The van der Waals surface area contributed by atoms with Crippen LogP contribution < -0.4 is 4.90 Å². The van der Waals surface area contributed by atoms with Gasteiger partial charge >= 0.3 is 0 Å². The fourth-order valence-corrected chi connectivity index (χ4v) is 9.12. The molecule has 0 radical (unpaired) electrons. The SMILES string of the molecule is c1ccc(-c2cccc(-c3ccc(N(c4ccc(-c5ccc6c(c5)oc5ccccc56)cc4)c4ccccc4-c4cccc5oc6c7ccccc7ccc6c45)cc3)c2)cc1. The topological polar surface area (TPSA) is 29.5 Å². The van der Waals surface area contributed by atoms with E-state index in [4.69, 9.17) is 8.83 Å². The lowest BCUT2D eigenvalue weighted by Crippen LogP contribution is -2.11. The summed E-state index contributed by atoms with van der Waals surface area (Å²) in [5, 5.41) is 6.77. The highest BCUT2D eigenvalue weighted by Crippen LogP contribution is 2.46. The van der Waals surface area contributed by atoms with E-state index in [1.54, 1.807) is 0 Å². The van der Waals surface area contributed by atoms with E-state index in [9.17, 15) is 0 Å². The van der Waals surface area contributed by atoms with Crippen molar-refractivity contribution in [2.75, 3.05) is 4.90 Å². The third kappa shape index (κ3) is 5.98. The highest BCUT2D eigenvalue weighted by atomic mass is 16.3. The first kappa shape index (κ1) is 34.9. The molecule has 2 aromatic heterocycles. The van der Waals surface area contributed by atoms with Gasteiger partial charge in [-0.3, -0.25) is 0 Å². The van der Waals surface area contributed by atoms with E-state index in [0.29, 0.717) is 0 Å². The molecule has 0 unspecified atom stereocenters. The number of benzene rings is 10. The molecule has 286 valence electrons. The van der Waals surface area contributed by atoms with Gasteiger partial charge in [-0.25, -0.2) is 0 Å². The van der Waals surface area contributed by atoms with Crippen LogP contribution in [0.25, 0.3) is 99.2 Å². The smallest absolute Gasteiger partial charge is 0.143 e. The Hall–Kier alpha value is -8.14. The Labute approximate surface area is 353 Å². The Kier molecular flexibility index (Phi) is 8.17. The molecule has 0 bridgehead atoms. The molecular weight excluding hydrogens is 743 g/mol. The van der Waals surface area contributed by atoms with Gasteiger partial charge in [0.1, 0.15) is 22.3 Å². The molecule has 61 heavy (non-hydrogen) atoms. The summed E-state index contributed by atoms with van der Waals surface area (Å²) >= 11 is 0. The van der Waals surface area contributed by atoms with E-state index >= 15 is 0 Å². The zero-order valence-corrected chi connectivity index (χ0v) is 33.1. The molecule has 0 saturated heterocycles. The molecule has 0 spiro atoms. The minimum absolute atomic E-state index is 0.873. The first-order valence-electron chi connectivity index (χ1n) is 20.7. The molecule has 12 aromatic rings. The van der Waals surface area contributed by atoms with E-state index in [1.165, 1.54) is 22.1 Å². The Morgan fingerprint density at radius 3 is 1.62 bits per heavy atom. The number of rotatable bonds is 7. The van der Waals surface area contributed by atoms with Crippen molar-refractivity contribution in [3.8, 4) is 44.5 Å². The number of para-hydroxylation sites is 2. The van der Waals surface area contributed by atoms with Gasteiger partial charge in [0.25, 0.3) is 0 Å². The van der Waals surface area contributed by atoms with Crippen molar-refractivity contribution in [1.82, 2.24) is 0 Å². The van der Waals surface area contributed by atoms with Gasteiger partial charge in [0, 0.05) is 43.9 Å². The van der Waals surface area contributed by atoms with Crippen molar-refractivity contribution >= 4 is 71.7 Å². The Morgan fingerprint density at radius 1 is 0.295 bits per heavy atom. The number of anilines is 3. The first-order chi connectivity index (χ1) is 30.2. The Bertz CT molecular complexity index is 3580. The molecule has 0 aliphatic carbocycles. The first-order valence-corrected chi connectivity index (χ1v) is 20.7. The quantitative estimate of drug-likeness (QED) is 0.161. The van der Waals surface area contributed by atoms with Gasteiger partial charge in [0.05, 0.1) is 5.69 Å². The predicted octanol–water partition coefficient (Wildman–Crippen LogP) is 16.8. The molecule has 2 heterocycles. The molecule has 0 amide bonds. The Balaban J connectivity index is 0.996. The van der Waals surface area contributed by atoms with Gasteiger partial charge < -0.3 is 13.7 Å². The molecule has 10 aromatic carbocycles. The maximum absolute atomic E-state index is 6.67. The van der Waals surface area contributed by atoms with Gasteiger partial charge in [0.15, 0.2) is 0 Å². The van der Waals surface area contributed by atoms with Crippen molar-refractivity contribution in [2.24, 2.45) is 0 Å². The van der Waals surface area contributed by atoms with E-state index in [1.807, 2.05) is 12.1 Å². The zero-order chi connectivity index (χ0) is 40.3. The third-order valence-corrected chi connectivity index (χ3v) is 12.1. The van der Waals surface area contributed by atoms with Crippen LogP contribution in [0, 0.1) is 0 Å². The van der Waals surface area contributed by atoms with Crippen LogP contribution in [-0.2, 0) is 0 Å². The molecule has 0 aliphatic rings. The molecule has 3 heteroatoms. The molecule has 0 saturated carbocycles. The molecule has 3 nitrogen and oxygen atoms in total. The maximum atomic E-state index is 6.67. The molecule has 0 fully saturated rings. The van der Waals surface area contributed by atoms with Crippen molar-refractivity contribution in [2.45, 2.75) is 0 Å². The molecule has 0 atom stereocenters. The second-order valence-corrected chi connectivity index (χ2v) is 15.6. The number of fused-ring (bicyclic) bond motifs is 8. The lowest BCUT2D eigenvalue weighted by atomic mass is 9.95. The van der Waals surface area contributed by atoms with Crippen LogP contribution in [0.15, 0.2) is 233 Å². The van der Waals surface area contributed by atoms with E-state index < -0.39 is 0 Å². The largest absolute Gasteiger partial charge is 0.456 e. The average Bonchev–Trinajstić information content (AvgIpc) is 3.91. The molecular formula is C58H37NO2.